The van der Waals surface area contributed by atoms with Gasteiger partial charge in [0.25, 0.3) is 0 Å². The molecule has 0 saturated carbocycles. The lowest BCUT2D eigenvalue weighted by molar-refractivity contribution is -0.0498. The van der Waals surface area contributed by atoms with Gasteiger partial charge >= 0.3 is 6.61 Å². The minimum Gasteiger partial charge on any atom is -0.435 e. The van der Waals surface area contributed by atoms with Crippen molar-refractivity contribution in [1.29, 1.82) is 0 Å². The highest BCUT2D eigenvalue weighted by molar-refractivity contribution is 9.10. The molecule has 0 N–H and O–H groups in total. The second-order valence-corrected chi connectivity index (χ2v) is 4.96. The van der Waals surface area contributed by atoms with Crippen LogP contribution in [0.15, 0.2) is 41.0 Å². The first-order chi connectivity index (χ1) is 9.97. The molecule has 0 atom stereocenters. The van der Waals surface area contributed by atoms with Gasteiger partial charge in [-0.2, -0.15) is 13.9 Å². The lowest BCUT2D eigenvalue weighted by Gasteiger charge is -2.04. The smallest absolute Gasteiger partial charge is 0.387 e. The Bertz CT molecular complexity index is 647. The molecule has 0 unspecified atom stereocenters. The molecule has 0 aliphatic rings. The quantitative estimate of drug-likeness (QED) is 0.606. The molecule has 0 spiro atoms. The average Bonchev–Trinajstić information content (AvgIpc) is 2.75. The van der Waals surface area contributed by atoms with E-state index in [-0.39, 0.29) is 11.5 Å². The third kappa shape index (κ3) is 3.98. The summed E-state index contributed by atoms with van der Waals surface area (Å²) in [6, 6.07) is 5.52. The number of carbonyl (C=O) groups is 1. The van der Waals surface area contributed by atoms with Crippen molar-refractivity contribution >= 4 is 27.8 Å². The lowest BCUT2D eigenvalue weighted by atomic mass is 10.1. The molecule has 4 nitrogen and oxygen atoms in total. The molecule has 1 aromatic heterocycles. The fourth-order valence-electron chi connectivity index (χ4n) is 1.66. The Morgan fingerprint density at radius 3 is 2.57 bits per heavy atom. The molecule has 0 amide bonds. The molecule has 1 heterocycles. The highest BCUT2D eigenvalue weighted by Gasteiger charge is 2.07. The Hall–Kier alpha value is -2.02. The summed E-state index contributed by atoms with van der Waals surface area (Å²) >= 11 is 3.32. The van der Waals surface area contributed by atoms with E-state index in [9.17, 15) is 13.6 Å². The van der Waals surface area contributed by atoms with Gasteiger partial charge in [-0.15, -0.1) is 0 Å². The van der Waals surface area contributed by atoms with Crippen molar-refractivity contribution in [2.75, 3.05) is 0 Å². The van der Waals surface area contributed by atoms with Gasteiger partial charge < -0.3 is 4.74 Å². The van der Waals surface area contributed by atoms with Crippen molar-refractivity contribution < 1.29 is 18.3 Å². The van der Waals surface area contributed by atoms with Gasteiger partial charge in [0.1, 0.15) is 5.75 Å². The Morgan fingerprint density at radius 1 is 1.38 bits per heavy atom. The molecule has 110 valence electrons. The zero-order valence-electron chi connectivity index (χ0n) is 11.0. The summed E-state index contributed by atoms with van der Waals surface area (Å²) in [6.07, 6.45) is 4.65. The van der Waals surface area contributed by atoms with Crippen molar-refractivity contribution in [3.8, 4) is 5.75 Å². The number of hydrogen-bond donors (Lipinski definition) is 0. The minimum atomic E-state index is -2.88. The molecule has 0 aliphatic heterocycles. The fraction of sp³-hybridized carbons (Fsp3) is 0.143. The molecular formula is C14H11BrF2N2O2. The molecule has 2 rings (SSSR count). The molecule has 0 fully saturated rings. The summed E-state index contributed by atoms with van der Waals surface area (Å²) in [7, 11) is 1.76. The van der Waals surface area contributed by atoms with Crippen LogP contribution in [0.4, 0.5) is 8.78 Å². The summed E-state index contributed by atoms with van der Waals surface area (Å²) in [6.45, 7) is -2.88. The zero-order valence-corrected chi connectivity index (χ0v) is 12.5. The predicted octanol–water partition coefficient (Wildman–Crippen LogP) is 3.68. The maximum atomic E-state index is 12.0. The summed E-state index contributed by atoms with van der Waals surface area (Å²) in [4.78, 5) is 12.0. The highest BCUT2D eigenvalue weighted by Crippen LogP contribution is 2.18. The van der Waals surface area contributed by atoms with Crippen LogP contribution in [-0.2, 0) is 7.05 Å². The van der Waals surface area contributed by atoms with Gasteiger partial charge in [-0.3, -0.25) is 9.48 Å². The van der Waals surface area contributed by atoms with Crippen molar-refractivity contribution in [2.45, 2.75) is 6.61 Å². The van der Waals surface area contributed by atoms with Crippen LogP contribution < -0.4 is 4.74 Å². The van der Waals surface area contributed by atoms with Crippen LogP contribution in [0.3, 0.4) is 0 Å². The number of hydrogen-bond acceptors (Lipinski definition) is 3. The Kier molecular flexibility index (Phi) is 4.85. The first-order valence-electron chi connectivity index (χ1n) is 5.92. The van der Waals surface area contributed by atoms with E-state index in [1.54, 1.807) is 24.0 Å². The van der Waals surface area contributed by atoms with Crippen molar-refractivity contribution in [3.05, 3.63) is 52.3 Å². The van der Waals surface area contributed by atoms with Crippen LogP contribution in [0, 0.1) is 0 Å². The molecule has 1 aromatic carbocycles. The Labute approximate surface area is 128 Å². The molecular weight excluding hydrogens is 346 g/mol. The number of carbonyl (C=O) groups excluding carboxylic acids is 1. The van der Waals surface area contributed by atoms with Crippen molar-refractivity contribution in [3.63, 3.8) is 0 Å². The number of ketones is 1. The van der Waals surface area contributed by atoms with Crippen LogP contribution in [-0.4, -0.2) is 22.2 Å². The molecule has 21 heavy (non-hydrogen) atoms. The number of alkyl halides is 2. The third-order valence-electron chi connectivity index (χ3n) is 2.69. The zero-order chi connectivity index (χ0) is 15.4. The number of ether oxygens (including phenoxy) is 1. The van der Waals surface area contributed by atoms with E-state index in [0.717, 1.165) is 10.2 Å². The largest absolute Gasteiger partial charge is 0.435 e. The van der Waals surface area contributed by atoms with Crippen molar-refractivity contribution in [1.82, 2.24) is 9.78 Å². The van der Waals surface area contributed by atoms with E-state index in [1.807, 2.05) is 0 Å². The number of allylic oxidation sites excluding steroid dienone is 1. The third-order valence-corrected chi connectivity index (χ3v) is 3.31. The Balaban J connectivity index is 2.10. The molecule has 0 aliphatic carbocycles. The van der Waals surface area contributed by atoms with Gasteiger partial charge in [0, 0.05) is 12.6 Å². The van der Waals surface area contributed by atoms with Gasteiger partial charge in [-0.1, -0.05) is 0 Å². The summed E-state index contributed by atoms with van der Waals surface area (Å²) in [5, 5.41) is 4.03. The molecule has 0 saturated heterocycles. The van der Waals surface area contributed by atoms with Gasteiger partial charge in [0.15, 0.2) is 5.78 Å². The van der Waals surface area contributed by atoms with Crippen LogP contribution >= 0.6 is 15.9 Å². The van der Waals surface area contributed by atoms with E-state index in [1.165, 1.54) is 30.3 Å². The summed E-state index contributed by atoms with van der Waals surface area (Å²) in [5.41, 5.74) is 1.13. The molecule has 0 radical (unpaired) electrons. The lowest BCUT2D eigenvalue weighted by Crippen LogP contribution is -2.02. The Morgan fingerprint density at radius 2 is 2.05 bits per heavy atom. The monoisotopic (exact) mass is 356 g/mol. The maximum Gasteiger partial charge on any atom is 0.387 e. The van der Waals surface area contributed by atoms with Crippen LogP contribution in [0.25, 0.3) is 6.08 Å². The molecule has 7 heteroatoms. The van der Waals surface area contributed by atoms with Crippen molar-refractivity contribution in [2.24, 2.45) is 7.05 Å². The van der Waals surface area contributed by atoms with Crippen LogP contribution in [0.1, 0.15) is 16.1 Å². The van der Waals surface area contributed by atoms with E-state index >= 15 is 0 Å². The van der Waals surface area contributed by atoms with Gasteiger partial charge in [0.2, 0.25) is 0 Å². The predicted molar refractivity (Wildman–Crippen MR) is 77.3 cm³/mol. The molecule has 0 bridgehead atoms. The number of aryl methyl sites for hydroxylation is 1. The highest BCUT2D eigenvalue weighted by atomic mass is 79.9. The van der Waals surface area contributed by atoms with Gasteiger partial charge in [-0.05, 0) is 52.3 Å². The van der Waals surface area contributed by atoms with E-state index in [2.05, 4.69) is 25.8 Å². The maximum absolute atomic E-state index is 12.0. The molecule has 2 aromatic rings. The number of rotatable bonds is 5. The van der Waals surface area contributed by atoms with Gasteiger partial charge in [0.05, 0.1) is 16.4 Å². The average molecular weight is 357 g/mol. The SMILES string of the molecule is Cn1ncc(Br)c1C=CC(=O)c1ccc(OC(F)F)cc1. The standard InChI is InChI=1S/C14H11BrF2N2O2/c1-19-12(11(15)8-18-19)6-7-13(20)9-2-4-10(5-3-9)21-14(16)17/h2-8,14H,1H3. The van der Waals surface area contributed by atoms with E-state index in [0.29, 0.717) is 5.56 Å². The second kappa shape index (κ2) is 6.62. The van der Waals surface area contributed by atoms with E-state index < -0.39 is 6.61 Å². The fourth-order valence-corrected chi connectivity index (χ4v) is 2.14. The minimum absolute atomic E-state index is 0.0138. The van der Waals surface area contributed by atoms with E-state index in [4.69, 9.17) is 0 Å². The number of aromatic nitrogens is 2. The topological polar surface area (TPSA) is 44.1 Å². The van der Waals surface area contributed by atoms with Crippen LogP contribution in [0.2, 0.25) is 0 Å². The van der Waals surface area contributed by atoms with Crippen LogP contribution in [0.5, 0.6) is 5.75 Å². The first kappa shape index (κ1) is 15.4. The number of benzene rings is 1. The first-order valence-corrected chi connectivity index (χ1v) is 6.71. The van der Waals surface area contributed by atoms with Gasteiger partial charge in [-0.25, -0.2) is 0 Å². The number of halogens is 3. The second-order valence-electron chi connectivity index (χ2n) is 4.10. The summed E-state index contributed by atoms with van der Waals surface area (Å²) in [5.74, 6) is -0.230. The normalized spacial score (nSPS) is 11.3. The summed E-state index contributed by atoms with van der Waals surface area (Å²) < 4.78 is 30.7. The number of nitrogens with zero attached hydrogens (tertiary/aromatic N) is 2.